The summed E-state index contributed by atoms with van der Waals surface area (Å²) in [7, 11) is 1.29. The van der Waals surface area contributed by atoms with E-state index in [9.17, 15) is 14.4 Å². The van der Waals surface area contributed by atoms with Crippen molar-refractivity contribution in [3.05, 3.63) is 29.8 Å². The van der Waals surface area contributed by atoms with Crippen molar-refractivity contribution in [1.82, 2.24) is 15.5 Å². The van der Waals surface area contributed by atoms with Crippen molar-refractivity contribution in [3.8, 4) is 5.75 Å². The third kappa shape index (κ3) is 8.03. The van der Waals surface area contributed by atoms with Crippen molar-refractivity contribution >= 4 is 29.6 Å². The minimum Gasteiger partial charge on any atom is -0.494 e. The highest BCUT2D eigenvalue weighted by Gasteiger charge is 2.29. The van der Waals surface area contributed by atoms with E-state index in [1.807, 2.05) is 38.1 Å². The van der Waals surface area contributed by atoms with E-state index in [0.29, 0.717) is 32.3 Å². The number of benzene rings is 1. The van der Waals surface area contributed by atoms with Gasteiger partial charge in [0.15, 0.2) is 0 Å². The van der Waals surface area contributed by atoms with Gasteiger partial charge in [-0.25, -0.2) is 9.63 Å². The fourth-order valence-corrected chi connectivity index (χ4v) is 3.59. The molecule has 0 saturated heterocycles. The van der Waals surface area contributed by atoms with E-state index in [2.05, 4.69) is 15.5 Å². The largest absolute Gasteiger partial charge is 0.494 e. The Labute approximate surface area is 188 Å². The Kier molecular flexibility index (Phi) is 10.1. The third-order valence-corrected chi connectivity index (χ3v) is 5.37. The summed E-state index contributed by atoms with van der Waals surface area (Å²) in [5.41, 5.74) is 0.903. The zero-order valence-electron chi connectivity index (χ0n) is 18.3. The molecular weight excluding hydrogens is 422 g/mol. The monoisotopic (exact) mass is 453 g/mol. The van der Waals surface area contributed by atoms with Gasteiger partial charge in [-0.1, -0.05) is 26.0 Å². The summed E-state index contributed by atoms with van der Waals surface area (Å²) in [6.45, 7) is 4.40. The predicted octanol–water partition coefficient (Wildman–Crippen LogP) is 2.09. The summed E-state index contributed by atoms with van der Waals surface area (Å²) in [6, 6.07) is 5.14. The molecule has 3 rings (SSSR count). The predicted molar refractivity (Wildman–Crippen MR) is 118 cm³/mol. The van der Waals surface area contributed by atoms with Gasteiger partial charge in [0, 0.05) is 0 Å². The maximum atomic E-state index is 13.0. The molecule has 9 heteroatoms. The smallest absolute Gasteiger partial charge is 0.328 e. The summed E-state index contributed by atoms with van der Waals surface area (Å²) in [4.78, 5) is 40.5. The average molecular weight is 454 g/mol. The lowest BCUT2D eigenvalue weighted by Gasteiger charge is -2.25. The first kappa shape index (κ1) is 24.9. The van der Waals surface area contributed by atoms with Gasteiger partial charge in [-0.05, 0) is 67.5 Å². The lowest BCUT2D eigenvalue weighted by Crippen LogP contribution is -2.55. The van der Waals surface area contributed by atoms with Crippen LogP contribution < -0.4 is 20.2 Å². The lowest BCUT2D eigenvalue weighted by atomic mass is 10.0. The summed E-state index contributed by atoms with van der Waals surface area (Å²) in [6.07, 6.45) is 2.56. The Hall–Kier alpha value is -2.32. The highest BCUT2D eigenvalue weighted by atomic mass is 35.5. The second-order valence-electron chi connectivity index (χ2n) is 8.13. The maximum absolute atomic E-state index is 13.0. The Morgan fingerprint density at radius 2 is 1.90 bits per heavy atom. The van der Waals surface area contributed by atoms with Gasteiger partial charge in [0.2, 0.25) is 11.8 Å². The fraction of sp³-hybridized carbons (Fsp3) is 0.591. The molecule has 0 saturated carbocycles. The molecule has 0 radical (unpaired) electrons. The van der Waals surface area contributed by atoms with Crippen molar-refractivity contribution < 1.29 is 23.9 Å². The standard InChI is InChI=1S/C22H32ClN3O5/c1-14(2)12-18-20(27)24-17(22(29)30-3)6-4-5-11-31-16-9-7-15(8-10-16)13-19(26-23)21(28)25-18/h7-10,14,17-19,26H,4-6,11-13H2,1-3H3,(H,24,27)(H,25,28)/t17-,18-,19-/m0/s1. The van der Waals surface area contributed by atoms with Gasteiger partial charge in [0.05, 0.1) is 13.7 Å². The molecule has 2 bridgehead atoms. The van der Waals surface area contributed by atoms with E-state index in [-0.39, 0.29) is 5.92 Å². The van der Waals surface area contributed by atoms with Crippen LogP contribution in [0.4, 0.5) is 0 Å². The normalized spacial score (nSPS) is 23.5. The van der Waals surface area contributed by atoms with Crippen molar-refractivity contribution in [2.45, 2.75) is 64.1 Å². The zero-order chi connectivity index (χ0) is 22.8. The van der Waals surface area contributed by atoms with Crippen LogP contribution in [-0.2, 0) is 25.5 Å². The Balaban J connectivity index is 2.27. The molecule has 2 aliphatic heterocycles. The lowest BCUT2D eigenvalue weighted by molar-refractivity contribution is -0.145. The summed E-state index contributed by atoms with van der Waals surface area (Å²) in [5, 5.41) is 5.53. The number of methoxy groups -OCH3 is 1. The molecule has 31 heavy (non-hydrogen) atoms. The molecule has 172 valence electrons. The van der Waals surface area contributed by atoms with Crippen LogP contribution in [0.1, 0.15) is 45.1 Å². The SMILES string of the molecule is COC(=O)[C@@H]1CCCCOc2ccc(cc2)C[C@H](NCl)C(=O)N[C@@H](CC(C)C)C(=O)N1. The number of ether oxygens (including phenoxy) is 2. The molecule has 1 aromatic carbocycles. The van der Waals surface area contributed by atoms with Crippen LogP contribution in [-0.4, -0.2) is 49.6 Å². The van der Waals surface area contributed by atoms with E-state index in [4.69, 9.17) is 21.3 Å². The number of rotatable bonds is 4. The van der Waals surface area contributed by atoms with Gasteiger partial charge in [0.25, 0.3) is 0 Å². The topological polar surface area (TPSA) is 106 Å². The van der Waals surface area contributed by atoms with Crippen LogP contribution in [0.2, 0.25) is 0 Å². The quantitative estimate of drug-likeness (QED) is 0.476. The Bertz CT molecular complexity index is 741. The number of carbonyl (C=O) groups excluding carboxylic acids is 3. The number of hydrogen-bond acceptors (Lipinski definition) is 6. The van der Waals surface area contributed by atoms with Crippen molar-refractivity contribution in [1.29, 1.82) is 0 Å². The van der Waals surface area contributed by atoms with Gasteiger partial charge >= 0.3 is 5.97 Å². The number of fused-ring (bicyclic) bond motifs is 14. The van der Waals surface area contributed by atoms with E-state index in [1.165, 1.54) is 7.11 Å². The minimum atomic E-state index is -0.798. The molecule has 0 spiro atoms. The van der Waals surface area contributed by atoms with Crippen molar-refractivity contribution in [2.75, 3.05) is 13.7 Å². The number of nitrogens with one attached hydrogen (secondary N) is 3. The van der Waals surface area contributed by atoms with Crippen LogP contribution in [0.15, 0.2) is 24.3 Å². The van der Waals surface area contributed by atoms with Crippen LogP contribution in [0.25, 0.3) is 0 Å². The molecule has 2 amide bonds. The third-order valence-electron chi connectivity index (χ3n) is 5.11. The second kappa shape index (κ2) is 12.5. The summed E-state index contributed by atoms with van der Waals surface area (Å²) in [5.74, 6) is -0.459. The van der Waals surface area contributed by atoms with Gasteiger partial charge < -0.3 is 20.1 Å². The molecular formula is C22H32ClN3O5. The number of halogens is 1. The zero-order valence-corrected chi connectivity index (χ0v) is 19.0. The number of amides is 2. The van der Waals surface area contributed by atoms with E-state index < -0.39 is 35.9 Å². The first-order valence-corrected chi connectivity index (χ1v) is 11.0. The molecule has 2 heterocycles. The first-order valence-electron chi connectivity index (χ1n) is 10.6. The Morgan fingerprint density at radius 3 is 2.52 bits per heavy atom. The number of hydrogen-bond donors (Lipinski definition) is 3. The fourth-order valence-electron chi connectivity index (χ4n) is 3.42. The van der Waals surface area contributed by atoms with E-state index in [0.717, 1.165) is 17.7 Å². The second-order valence-corrected chi connectivity index (χ2v) is 8.35. The van der Waals surface area contributed by atoms with Crippen molar-refractivity contribution in [2.24, 2.45) is 5.92 Å². The first-order chi connectivity index (χ1) is 14.8. The molecule has 3 atom stereocenters. The molecule has 2 aliphatic rings. The molecule has 1 aromatic rings. The number of esters is 1. The van der Waals surface area contributed by atoms with Gasteiger partial charge in [0.1, 0.15) is 23.9 Å². The molecule has 0 aromatic heterocycles. The number of carbonyl (C=O) groups is 3. The summed E-state index contributed by atoms with van der Waals surface area (Å²) < 4.78 is 10.6. The molecule has 0 unspecified atom stereocenters. The van der Waals surface area contributed by atoms with E-state index >= 15 is 0 Å². The Morgan fingerprint density at radius 1 is 1.19 bits per heavy atom. The molecule has 8 nitrogen and oxygen atoms in total. The minimum absolute atomic E-state index is 0.147. The molecule has 0 fully saturated rings. The molecule has 3 N–H and O–H groups in total. The van der Waals surface area contributed by atoms with Crippen LogP contribution >= 0.6 is 11.8 Å². The maximum Gasteiger partial charge on any atom is 0.328 e. The van der Waals surface area contributed by atoms with Crippen LogP contribution in [0.5, 0.6) is 5.75 Å². The molecule has 0 aliphatic carbocycles. The van der Waals surface area contributed by atoms with Gasteiger partial charge in [-0.2, -0.15) is 0 Å². The highest BCUT2D eigenvalue weighted by molar-refractivity contribution is 6.15. The van der Waals surface area contributed by atoms with Crippen LogP contribution in [0.3, 0.4) is 0 Å². The van der Waals surface area contributed by atoms with Crippen molar-refractivity contribution in [3.63, 3.8) is 0 Å². The highest BCUT2D eigenvalue weighted by Crippen LogP contribution is 2.16. The van der Waals surface area contributed by atoms with Gasteiger partial charge in [-0.15, -0.1) is 0 Å². The van der Waals surface area contributed by atoms with Gasteiger partial charge in [-0.3, -0.25) is 9.59 Å². The average Bonchev–Trinajstić information content (AvgIpc) is 2.75. The van der Waals surface area contributed by atoms with E-state index in [1.54, 1.807) is 0 Å². The summed E-state index contributed by atoms with van der Waals surface area (Å²) >= 11 is 5.84. The van der Waals surface area contributed by atoms with Crippen LogP contribution in [0, 0.1) is 5.92 Å².